The van der Waals surface area contributed by atoms with Gasteiger partial charge in [0.1, 0.15) is 0 Å². The first-order chi connectivity index (χ1) is 13.4. The van der Waals surface area contributed by atoms with E-state index in [-0.39, 0.29) is 23.3 Å². The van der Waals surface area contributed by atoms with Crippen molar-refractivity contribution in [2.24, 2.45) is 5.92 Å². The van der Waals surface area contributed by atoms with Gasteiger partial charge in [-0.15, -0.1) is 11.8 Å². The van der Waals surface area contributed by atoms with Gasteiger partial charge in [-0.3, -0.25) is 14.4 Å². The average Bonchev–Trinajstić information content (AvgIpc) is 2.68. The maximum absolute atomic E-state index is 12.1. The molecule has 1 atom stereocenters. The van der Waals surface area contributed by atoms with Gasteiger partial charge in [0.05, 0.1) is 11.5 Å². The van der Waals surface area contributed by atoms with E-state index in [1.165, 1.54) is 19.3 Å². The van der Waals surface area contributed by atoms with E-state index < -0.39 is 12.1 Å². The number of carbonyl (C=O) groups is 3. The van der Waals surface area contributed by atoms with Crippen molar-refractivity contribution in [3.8, 4) is 0 Å². The van der Waals surface area contributed by atoms with Crippen molar-refractivity contribution in [1.29, 1.82) is 0 Å². The van der Waals surface area contributed by atoms with Crippen LogP contribution in [0.5, 0.6) is 0 Å². The van der Waals surface area contributed by atoms with E-state index >= 15 is 0 Å². The van der Waals surface area contributed by atoms with Crippen molar-refractivity contribution in [3.05, 3.63) is 29.3 Å². The molecule has 0 aliphatic heterocycles. The number of hydrogen-bond donors (Lipinski definition) is 2. The Labute approximate surface area is 175 Å². The Hall–Kier alpha value is -1.73. The van der Waals surface area contributed by atoms with Gasteiger partial charge in [0.25, 0.3) is 5.91 Å². The normalized spacial score (nSPS) is 15.5. The highest BCUT2D eigenvalue weighted by molar-refractivity contribution is 8.00. The minimum Gasteiger partial charge on any atom is -0.452 e. The molecule has 0 spiro atoms. The predicted octanol–water partition coefficient (Wildman–Crippen LogP) is 3.64. The summed E-state index contributed by atoms with van der Waals surface area (Å²) in [5, 5.41) is 6.17. The second-order valence-electron chi connectivity index (χ2n) is 6.93. The van der Waals surface area contributed by atoms with Crippen LogP contribution in [0.4, 0.5) is 5.69 Å². The van der Waals surface area contributed by atoms with Crippen LogP contribution in [0, 0.1) is 5.92 Å². The monoisotopic (exact) mass is 426 g/mol. The summed E-state index contributed by atoms with van der Waals surface area (Å²) in [4.78, 5) is 35.8. The summed E-state index contributed by atoms with van der Waals surface area (Å²) in [6.07, 6.45) is 5.15. The van der Waals surface area contributed by atoms with E-state index in [9.17, 15) is 14.4 Å². The van der Waals surface area contributed by atoms with Gasteiger partial charge < -0.3 is 15.4 Å². The van der Waals surface area contributed by atoms with E-state index in [4.69, 9.17) is 16.3 Å². The predicted molar refractivity (Wildman–Crippen MR) is 113 cm³/mol. The van der Waals surface area contributed by atoms with Crippen LogP contribution >= 0.6 is 23.4 Å². The van der Waals surface area contributed by atoms with Crippen molar-refractivity contribution in [1.82, 2.24) is 5.32 Å². The minimum absolute atomic E-state index is 0.00822. The highest BCUT2D eigenvalue weighted by Gasteiger charge is 2.20. The number of anilines is 1. The number of ether oxygens (including phenoxy) is 1. The summed E-state index contributed by atoms with van der Waals surface area (Å²) in [5.41, 5.74) is 0.640. The molecule has 6 nitrogen and oxygen atoms in total. The van der Waals surface area contributed by atoms with E-state index in [1.54, 1.807) is 31.2 Å². The summed E-state index contributed by atoms with van der Waals surface area (Å²) >= 11 is 6.93. The molecule has 2 rings (SSSR count). The van der Waals surface area contributed by atoms with Crippen molar-refractivity contribution >= 4 is 46.8 Å². The van der Waals surface area contributed by atoms with Crippen molar-refractivity contribution in [2.75, 3.05) is 23.4 Å². The molecule has 1 saturated carbocycles. The molecule has 1 aromatic carbocycles. The number of rotatable bonds is 9. The number of hydrogen-bond acceptors (Lipinski definition) is 5. The molecule has 0 saturated heterocycles. The van der Waals surface area contributed by atoms with Gasteiger partial charge in [0.2, 0.25) is 5.91 Å². The maximum Gasteiger partial charge on any atom is 0.316 e. The fourth-order valence-electron chi connectivity index (χ4n) is 3.02. The SMILES string of the molecule is C[C@@H](OC(=O)CSCC(=O)Nc1ccc(Cl)cc1)C(=O)NCC1CCCCC1. The fraction of sp³-hybridized carbons (Fsp3) is 0.550. The van der Waals surface area contributed by atoms with Crippen LogP contribution in [0.1, 0.15) is 39.0 Å². The topological polar surface area (TPSA) is 84.5 Å². The average molecular weight is 427 g/mol. The van der Waals surface area contributed by atoms with Gasteiger partial charge in [0.15, 0.2) is 6.10 Å². The summed E-state index contributed by atoms with van der Waals surface area (Å²) in [6, 6.07) is 6.77. The first-order valence-corrected chi connectivity index (χ1v) is 11.1. The molecule has 1 aliphatic rings. The zero-order valence-electron chi connectivity index (χ0n) is 16.0. The largest absolute Gasteiger partial charge is 0.452 e. The molecule has 8 heteroatoms. The summed E-state index contributed by atoms with van der Waals surface area (Å²) in [5.74, 6) is -0.364. The second-order valence-corrected chi connectivity index (χ2v) is 8.35. The molecule has 0 heterocycles. The summed E-state index contributed by atoms with van der Waals surface area (Å²) in [7, 11) is 0. The Morgan fingerprint density at radius 1 is 1.14 bits per heavy atom. The number of halogens is 1. The smallest absolute Gasteiger partial charge is 0.316 e. The lowest BCUT2D eigenvalue weighted by Gasteiger charge is -2.22. The Bertz CT molecular complexity index is 663. The molecule has 1 fully saturated rings. The van der Waals surface area contributed by atoms with Crippen LogP contribution < -0.4 is 10.6 Å². The van der Waals surface area contributed by atoms with E-state index in [1.807, 2.05) is 0 Å². The van der Waals surface area contributed by atoms with Crippen molar-refractivity contribution in [3.63, 3.8) is 0 Å². The molecule has 2 amide bonds. The van der Waals surface area contributed by atoms with Crippen molar-refractivity contribution < 1.29 is 19.1 Å². The second kappa shape index (κ2) is 12.0. The van der Waals surface area contributed by atoms with Crippen LogP contribution in [0.15, 0.2) is 24.3 Å². The van der Waals surface area contributed by atoms with Gasteiger partial charge in [-0.25, -0.2) is 0 Å². The van der Waals surface area contributed by atoms with Crippen LogP contribution in [-0.4, -0.2) is 41.9 Å². The number of benzene rings is 1. The molecule has 2 N–H and O–H groups in total. The van der Waals surface area contributed by atoms with Crippen LogP contribution in [0.25, 0.3) is 0 Å². The lowest BCUT2D eigenvalue weighted by molar-refractivity contribution is -0.152. The zero-order chi connectivity index (χ0) is 20.4. The Kier molecular flexibility index (Phi) is 9.64. The van der Waals surface area contributed by atoms with Crippen molar-refractivity contribution in [2.45, 2.75) is 45.1 Å². The molecule has 0 radical (unpaired) electrons. The number of thioether (sulfide) groups is 1. The van der Waals surface area contributed by atoms with E-state index in [2.05, 4.69) is 10.6 Å². The Morgan fingerprint density at radius 2 is 1.82 bits per heavy atom. The molecule has 154 valence electrons. The third-order valence-electron chi connectivity index (χ3n) is 4.55. The standard InChI is InChI=1S/C20H27ClN2O4S/c1-14(20(26)22-11-15-5-3-2-4-6-15)27-19(25)13-28-12-18(24)23-17-9-7-16(21)8-10-17/h7-10,14-15H,2-6,11-13H2,1H3,(H,22,26)(H,23,24)/t14-/m1/s1. The molecule has 0 bridgehead atoms. The van der Waals surface area contributed by atoms with Crippen LogP contribution in [0.2, 0.25) is 5.02 Å². The van der Waals surface area contributed by atoms with Gasteiger partial charge >= 0.3 is 5.97 Å². The summed E-state index contributed by atoms with van der Waals surface area (Å²) < 4.78 is 5.15. The first-order valence-electron chi connectivity index (χ1n) is 9.54. The Balaban J connectivity index is 1.59. The molecule has 28 heavy (non-hydrogen) atoms. The first kappa shape index (κ1) is 22.6. The van der Waals surface area contributed by atoms with E-state index in [0.717, 1.165) is 24.6 Å². The lowest BCUT2D eigenvalue weighted by Crippen LogP contribution is -2.39. The third-order valence-corrected chi connectivity index (χ3v) is 5.71. The molecular formula is C20H27ClN2O4S. The number of amides is 2. The maximum atomic E-state index is 12.1. The third kappa shape index (κ3) is 8.52. The molecule has 0 unspecified atom stereocenters. The van der Waals surface area contributed by atoms with Gasteiger partial charge in [-0.1, -0.05) is 30.9 Å². The van der Waals surface area contributed by atoms with Crippen LogP contribution in [0.3, 0.4) is 0 Å². The number of carbonyl (C=O) groups excluding carboxylic acids is 3. The fourth-order valence-corrected chi connectivity index (χ4v) is 3.74. The molecule has 0 aromatic heterocycles. The van der Waals surface area contributed by atoms with Gasteiger partial charge in [-0.05, 0) is 49.9 Å². The number of esters is 1. The highest BCUT2D eigenvalue weighted by atomic mass is 35.5. The molecular weight excluding hydrogens is 400 g/mol. The minimum atomic E-state index is -0.834. The van der Waals surface area contributed by atoms with Crippen LogP contribution in [-0.2, 0) is 19.1 Å². The molecule has 1 aliphatic carbocycles. The Morgan fingerprint density at radius 3 is 2.50 bits per heavy atom. The molecule has 1 aromatic rings. The number of nitrogens with one attached hydrogen (secondary N) is 2. The van der Waals surface area contributed by atoms with Gasteiger partial charge in [-0.2, -0.15) is 0 Å². The highest BCUT2D eigenvalue weighted by Crippen LogP contribution is 2.22. The van der Waals surface area contributed by atoms with E-state index in [0.29, 0.717) is 23.2 Å². The lowest BCUT2D eigenvalue weighted by atomic mass is 9.89. The van der Waals surface area contributed by atoms with Gasteiger partial charge in [0, 0.05) is 17.3 Å². The summed E-state index contributed by atoms with van der Waals surface area (Å²) in [6.45, 7) is 2.20. The zero-order valence-corrected chi connectivity index (χ0v) is 17.6. The quantitative estimate of drug-likeness (QED) is 0.589.